The molecule has 0 radical (unpaired) electrons. The monoisotopic (exact) mass is 511 g/mol. The zero-order valence-electron chi connectivity index (χ0n) is 22.1. The van der Waals surface area contributed by atoms with E-state index < -0.39 is 0 Å². The SMILES string of the molecule is COc1cc(C2=CC3CCCC(C2)N3C(=O)OCC2c3ccccc3-c3ccccc32)cc(OC)c1OC. The number of ether oxygens (including phenoxy) is 4. The van der Waals surface area contributed by atoms with E-state index in [9.17, 15) is 4.79 Å². The van der Waals surface area contributed by atoms with Gasteiger partial charge in [0.15, 0.2) is 11.5 Å². The maximum atomic E-state index is 13.5. The Morgan fingerprint density at radius 3 is 2.08 bits per heavy atom. The highest BCUT2D eigenvalue weighted by molar-refractivity contribution is 5.80. The summed E-state index contributed by atoms with van der Waals surface area (Å²) in [4.78, 5) is 15.5. The molecule has 2 heterocycles. The summed E-state index contributed by atoms with van der Waals surface area (Å²) in [5, 5.41) is 0. The summed E-state index contributed by atoms with van der Waals surface area (Å²) in [5.41, 5.74) is 7.15. The molecule has 3 aliphatic rings. The van der Waals surface area contributed by atoms with Crippen LogP contribution in [0, 0.1) is 0 Å². The highest BCUT2D eigenvalue weighted by atomic mass is 16.6. The van der Waals surface area contributed by atoms with Crippen LogP contribution in [0.2, 0.25) is 0 Å². The Labute approximate surface area is 223 Å². The predicted octanol–water partition coefficient (Wildman–Crippen LogP) is 6.67. The van der Waals surface area contributed by atoms with E-state index in [1.54, 1.807) is 21.3 Å². The van der Waals surface area contributed by atoms with Crippen molar-refractivity contribution in [3.63, 3.8) is 0 Å². The van der Waals surface area contributed by atoms with Crippen molar-refractivity contribution in [1.29, 1.82) is 0 Å². The average molecular weight is 512 g/mol. The number of amides is 1. The molecule has 3 aromatic carbocycles. The highest BCUT2D eigenvalue weighted by Crippen LogP contribution is 2.46. The average Bonchev–Trinajstić information content (AvgIpc) is 3.27. The van der Waals surface area contributed by atoms with Gasteiger partial charge in [-0.3, -0.25) is 4.90 Å². The third-order valence-electron chi connectivity index (χ3n) is 8.22. The van der Waals surface area contributed by atoms with Gasteiger partial charge in [0.25, 0.3) is 0 Å². The summed E-state index contributed by atoms with van der Waals surface area (Å²) >= 11 is 0. The van der Waals surface area contributed by atoms with Gasteiger partial charge in [0.05, 0.1) is 27.4 Å². The zero-order valence-corrected chi connectivity index (χ0v) is 22.1. The van der Waals surface area contributed by atoms with E-state index in [4.69, 9.17) is 18.9 Å². The number of rotatable bonds is 6. The van der Waals surface area contributed by atoms with Crippen LogP contribution in [0.25, 0.3) is 16.7 Å². The quantitative estimate of drug-likeness (QED) is 0.370. The molecule has 2 unspecified atom stereocenters. The maximum absolute atomic E-state index is 13.5. The molecular weight excluding hydrogens is 478 g/mol. The Balaban J connectivity index is 1.23. The molecule has 2 aliphatic heterocycles. The van der Waals surface area contributed by atoms with Crippen LogP contribution in [0.4, 0.5) is 4.79 Å². The minimum atomic E-state index is -0.221. The highest BCUT2D eigenvalue weighted by Gasteiger charge is 2.39. The van der Waals surface area contributed by atoms with Gasteiger partial charge in [-0.25, -0.2) is 4.79 Å². The number of carbonyl (C=O) groups is 1. The van der Waals surface area contributed by atoms with Gasteiger partial charge in [0.2, 0.25) is 5.75 Å². The lowest BCUT2D eigenvalue weighted by Crippen LogP contribution is -2.51. The third-order valence-corrected chi connectivity index (χ3v) is 8.22. The van der Waals surface area contributed by atoms with Crippen LogP contribution >= 0.6 is 0 Å². The molecule has 2 atom stereocenters. The molecular formula is C32H33NO5. The molecule has 2 bridgehead atoms. The Morgan fingerprint density at radius 2 is 1.50 bits per heavy atom. The molecule has 1 amide bonds. The lowest BCUT2D eigenvalue weighted by molar-refractivity contribution is 0.0539. The van der Waals surface area contributed by atoms with Crippen molar-refractivity contribution in [2.24, 2.45) is 0 Å². The van der Waals surface area contributed by atoms with Gasteiger partial charge in [-0.15, -0.1) is 0 Å². The molecule has 0 saturated carbocycles. The Kier molecular flexibility index (Phi) is 6.48. The van der Waals surface area contributed by atoms with Gasteiger partial charge in [-0.2, -0.15) is 0 Å². The first-order valence-electron chi connectivity index (χ1n) is 13.3. The van der Waals surface area contributed by atoms with Crippen molar-refractivity contribution in [2.75, 3.05) is 27.9 Å². The van der Waals surface area contributed by atoms with Crippen LogP contribution in [0.15, 0.2) is 66.7 Å². The number of nitrogens with zero attached hydrogens (tertiary/aromatic N) is 1. The molecule has 6 nitrogen and oxygen atoms in total. The Hall–Kier alpha value is -3.93. The van der Waals surface area contributed by atoms with Crippen LogP contribution in [0.1, 0.15) is 48.3 Å². The fraction of sp³-hybridized carbons (Fsp3) is 0.344. The number of piperidine rings is 1. The first-order valence-corrected chi connectivity index (χ1v) is 13.3. The summed E-state index contributed by atoms with van der Waals surface area (Å²) < 4.78 is 22.7. The van der Waals surface area contributed by atoms with Crippen molar-refractivity contribution >= 4 is 11.7 Å². The second-order valence-electron chi connectivity index (χ2n) is 10.2. The van der Waals surface area contributed by atoms with Crippen LogP contribution < -0.4 is 14.2 Å². The summed E-state index contributed by atoms with van der Waals surface area (Å²) in [7, 11) is 4.87. The van der Waals surface area contributed by atoms with Gasteiger partial charge in [-0.1, -0.05) is 54.6 Å². The second kappa shape index (κ2) is 10.1. The van der Waals surface area contributed by atoms with Gasteiger partial charge in [0.1, 0.15) is 6.61 Å². The fourth-order valence-electron chi connectivity index (χ4n) is 6.46. The van der Waals surface area contributed by atoms with Crippen molar-refractivity contribution < 1.29 is 23.7 Å². The number of hydrogen-bond acceptors (Lipinski definition) is 5. The van der Waals surface area contributed by atoms with Gasteiger partial charge in [-0.05, 0) is 71.2 Å². The molecule has 1 fully saturated rings. The summed E-state index contributed by atoms with van der Waals surface area (Å²) in [6.45, 7) is 0.340. The number of fused-ring (bicyclic) bond motifs is 5. The van der Waals surface area contributed by atoms with E-state index in [1.165, 1.54) is 27.8 Å². The largest absolute Gasteiger partial charge is 0.493 e. The molecule has 3 aromatic rings. The summed E-state index contributed by atoms with van der Waals surface area (Å²) in [5.74, 6) is 1.90. The number of benzene rings is 3. The topological polar surface area (TPSA) is 57.2 Å². The molecule has 196 valence electrons. The van der Waals surface area contributed by atoms with E-state index in [0.29, 0.717) is 23.9 Å². The first kappa shape index (κ1) is 24.4. The van der Waals surface area contributed by atoms with Crippen molar-refractivity contribution in [3.05, 3.63) is 83.4 Å². The lowest BCUT2D eigenvalue weighted by Gasteiger charge is -2.44. The smallest absolute Gasteiger partial charge is 0.410 e. The molecule has 0 spiro atoms. The van der Waals surface area contributed by atoms with Crippen molar-refractivity contribution in [2.45, 2.75) is 43.7 Å². The van der Waals surface area contributed by atoms with Crippen LogP contribution in [-0.4, -0.2) is 51.0 Å². The predicted molar refractivity (Wildman–Crippen MR) is 147 cm³/mol. The minimum Gasteiger partial charge on any atom is -0.493 e. The molecule has 6 rings (SSSR count). The molecule has 0 aromatic heterocycles. The van der Waals surface area contributed by atoms with Gasteiger partial charge >= 0.3 is 6.09 Å². The fourth-order valence-corrected chi connectivity index (χ4v) is 6.46. The van der Waals surface area contributed by atoms with Crippen LogP contribution in [-0.2, 0) is 4.74 Å². The summed E-state index contributed by atoms with van der Waals surface area (Å²) in [6, 6.07) is 20.9. The molecule has 6 heteroatoms. The van der Waals surface area contributed by atoms with Gasteiger partial charge < -0.3 is 18.9 Å². The van der Waals surface area contributed by atoms with Gasteiger partial charge in [0, 0.05) is 12.0 Å². The van der Waals surface area contributed by atoms with E-state index in [-0.39, 0.29) is 24.1 Å². The lowest BCUT2D eigenvalue weighted by atomic mass is 9.83. The van der Waals surface area contributed by atoms with Crippen LogP contribution in [0.3, 0.4) is 0 Å². The van der Waals surface area contributed by atoms with E-state index in [2.05, 4.69) is 54.6 Å². The van der Waals surface area contributed by atoms with E-state index in [1.807, 2.05) is 17.0 Å². The molecule has 1 saturated heterocycles. The number of methoxy groups -OCH3 is 3. The zero-order chi connectivity index (χ0) is 26.2. The van der Waals surface area contributed by atoms with E-state index in [0.717, 1.165) is 31.2 Å². The Morgan fingerprint density at radius 1 is 0.868 bits per heavy atom. The van der Waals surface area contributed by atoms with Crippen molar-refractivity contribution in [3.8, 4) is 28.4 Å². The summed E-state index contributed by atoms with van der Waals surface area (Å²) in [6.07, 6.45) is 5.75. The molecule has 0 N–H and O–H groups in total. The van der Waals surface area contributed by atoms with Crippen LogP contribution in [0.5, 0.6) is 17.2 Å². The minimum absolute atomic E-state index is 0.00671. The molecule has 38 heavy (non-hydrogen) atoms. The first-order chi connectivity index (χ1) is 18.6. The van der Waals surface area contributed by atoms with Crippen molar-refractivity contribution in [1.82, 2.24) is 4.90 Å². The molecule has 1 aliphatic carbocycles. The van der Waals surface area contributed by atoms with E-state index >= 15 is 0 Å². The maximum Gasteiger partial charge on any atom is 0.410 e. The second-order valence-corrected chi connectivity index (χ2v) is 10.2. The number of hydrogen-bond donors (Lipinski definition) is 0. The normalized spacial score (nSPS) is 19.8. The standard InChI is InChI=1S/C32H33NO5/c1-35-29-17-21(18-30(36-2)31(29)37-3)20-15-22-9-8-10-23(16-20)33(22)32(34)38-19-28-26-13-6-4-11-24(26)25-12-5-7-14-27(25)28/h4-7,11-15,17-18,22-23,28H,8-10,16,19H2,1-3H3. The Bertz CT molecular complexity index is 1330. The number of carbonyl (C=O) groups excluding carboxylic acids is 1. The third kappa shape index (κ3) is 4.08.